The third-order valence-corrected chi connectivity index (χ3v) is 6.00. The maximum atomic E-state index is 12.6. The Labute approximate surface area is 168 Å². The predicted octanol–water partition coefficient (Wildman–Crippen LogP) is 3.99. The summed E-state index contributed by atoms with van der Waals surface area (Å²) >= 11 is 12.2. The van der Waals surface area contributed by atoms with Crippen molar-refractivity contribution in [3.63, 3.8) is 0 Å². The maximum Gasteiger partial charge on any atom is 0.229 e. The number of rotatable bonds is 4. The highest BCUT2D eigenvalue weighted by Crippen LogP contribution is 2.58. The zero-order valence-electron chi connectivity index (χ0n) is 14.2. The third-order valence-electron chi connectivity index (χ3n) is 5.41. The fourth-order valence-corrected chi connectivity index (χ4v) is 4.25. The zero-order valence-corrected chi connectivity index (χ0v) is 16.5. The van der Waals surface area contributed by atoms with Gasteiger partial charge in [0.15, 0.2) is 0 Å². The molecule has 1 aromatic carbocycles. The van der Waals surface area contributed by atoms with Crippen molar-refractivity contribution in [3.8, 4) is 0 Å². The van der Waals surface area contributed by atoms with Crippen LogP contribution in [0, 0.1) is 11.3 Å². The summed E-state index contributed by atoms with van der Waals surface area (Å²) in [5.74, 6) is 0.926. The number of hydrogen-bond donors (Lipinski definition) is 2. The minimum absolute atomic E-state index is 0. The van der Waals surface area contributed by atoms with Gasteiger partial charge in [0.2, 0.25) is 5.91 Å². The van der Waals surface area contributed by atoms with Crippen LogP contribution in [0.5, 0.6) is 0 Å². The van der Waals surface area contributed by atoms with Gasteiger partial charge in [0.1, 0.15) is 5.82 Å². The molecule has 2 fully saturated rings. The van der Waals surface area contributed by atoms with Crippen molar-refractivity contribution >= 4 is 47.3 Å². The highest BCUT2D eigenvalue weighted by atomic mass is 35.5. The van der Waals surface area contributed by atoms with Gasteiger partial charge in [0, 0.05) is 22.0 Å². The molecule has 1 aliphatic heterocycles. The molecule has 140 valence electrons. The number of hydrogen-bond acceptors (Lipinski definition) is 3. The summed E-state index contributed by atoms with van der Waals surface area (Å²) in [5, 5.41) is 11.9. The molecule has 8 heteroatoms. The number of halogens is 3. The van der Waals surface area contributed by atoms with Crippen LogP contribution in [0.4, 0.5) is 5.82 Å². The van der Waals surface area contributed by atoms with E-state index >= 15 is 0 Å². The van der Waals surface area contributed by atoms with Gasteiger partial charge in [-0.25, -0.2) is 4.68 Å². The number of piperidine rings is 1. The summed E-state index contributed by atoms with van der Waals surface area (Å²) in [5.41, 5.74) is 1.13. The quantitative estimate of drug-likeness (QED) is 0.794. The minimum Gasteiger partial charge on any atom is -0.317 e. The molecule has 1 saturated carbocycles. The van der Waals surface area contributed by atoms with Gasteiger partial charge < -0.3 is 10.6 Å². The summed E-state index contributed by atoms with van der Waals surface area (Å²) < 4.78 is 1.75. The van der Waals surface area contributed by atoms with E-state index < -0.39 is 0 Å². The Bertz CT molecular complexity index is 801. The molecule has 1 spiro atoms. The molecular weight excluding hydrogens is 395 g/mol. The van der Waals surface area contributed by atoms with E-state index in [1.165, 1.54) is 0 Å². The molecule has 2 heterocycles. The molecule has 1 atom stereocenters. The van der Waals surface area contributed by atoms with Crippen LogP contribution in [0.1, 0.15) is 24.8 Å². The molecular formula is C18H21Cl3N4O. The molecule has 2 aliphatic rings. The number of nitrogens with one attached hydrogen (secondary N) is 2. The van der Waals surface area contributed by atoms with Crippen LogP contribution in [0.2, 0.25) is 10.0 Å². The van der Waals surface area contributed by atoms with Crippen LogP contribution in [-0.4, -0.2) is 28.8 Å². The Morgan fingerprint density at radius 3 is 2.81 bits per heavy atom. The number of anilines is 1. The first-order chi connectivity index (χ1) is 12.1. The van der Waals surface area contributed by atoms with Gasteiger partial charge >= 0.3 is 0 Å². The lowest BCUT2D eigenvalue weighted by molar-refractivity contribution is -0.118. The molecule has 5 nitrogen and oxygen atoms in total. The average molecular weight is 416 g/mol. The van der Waals surface area contributed by atoms with E-state index in [4.69, 9.17) is 23.2 Å². The van der Waals surface area contributed by atoms with Crippen molar-refractivity contribution in [1.82, 2.24) is 15.1 Å². The van der Waals surface area contributed by atoms with Crippen LogP contribution in [0.15, 0.2) is 30.5 Å². The fourth-order valence-electron chi connectivity index (χ4n) is 3.79. The van der Waals surface area contributed by atoms with Crippen molar-refractivity contribution in [3.05, 3.63) is 46.1 Å². The molecule has 1 unspecified atom stereocenters. The first-order valence-corrected chi connectivity index (χ1v) is 9.30. The fraction of sp³-hybridized carbons (Fsp3) is 0.444. The van der Waals surface area contributed by atoms with Crippen LogP contribution < -0.4 is 10.6 Å². The standard InChI is InChI=1S/C18H20Cl2N4O.ClH/c19-13-2-1-12(15(20)9-13)11-24-16(3-6-22-24)23-17(25)14-10-18(14)4-7-21-8-5-18;/h1-3,6,9,14,21H,4-5,7-8,10-11H2,(H,23,25);1H. The number of carbonyl (C=O) groups is 1. The number of aromatic nitrogens is 2. The highest BCUT2D eigenvalue weighted by molar-refractivity contribution is 6.35. The molecule has 2 N–H and O–H groups in total. The molecule has 1 amide bonds. The lowest BCUT2D eigenvalue weighted by Gasteiger charge is -2.23. The molecule has 4 rings (SSSR count). The van der Waals surface area contributed by atoms with Crippen molar-refractivity contribution in [2.75, 3.05) is 18.4 Å². The topological polar surface area (TPSA) is 59.0 Å². The monoisotopic (exact) mass is 414 g/mol. The van der Waals surface area contributed by atoms with E-state index in [9.17, 15) is 4.79 Å². The summed E-state index contributed by atoms with van der Waals surface area (Å²) in [4.78, 5) is 12.6. The lowest BCUT2D eigenvalue weighted by Crippen LogP contribution is -2.31. The molecule has 1 aliphatic carbocycles. The Morgan fingerprint density at radius 2 is 2.08 bits per heavy atom. The van der Waals surface area contributed by atoms with Gasteiger partial charge in [-0.2, -0.15) is 5.10 Å². The van der Waals surface area contributed by atoms with E-state index in [-0.39, 0.29) is 29.6 Å². The maximum absolute atomic E-state index is 12.6. The summed E-state index contributed by atoms with van der Waals surface area (Å²) in [6.07, 6.45) is 4.86. The molecule has 1 aromatic heterocycles. The third kappa shape index (κ3) is 3.86. The second-order valence-electron chi connectivity index (χ2n) is 6.97. The van der Waals surface area contributed by atoms with Gasteiger partial charge in [-0.05, 0) is 55.5 Å². The molecule has 26 heavy (non-hydrogen) atoms. The normalized spacial score (nSPS) is 20.5. The van der Waals surface area contributed by atoms with Gasteiger partial charge in [-0.3, -0.25) is 4.79 Å². The molecule has 2 aromatic rings. The smallest absolute Gasteiger partial charge is 0.229 e. The summed E-state index contributed by atoms with van der Waals surface area (Å²) in [7, 11) is 0. The number of nitrogens with zero attached hydrogens (tertiary/aromatic N) is 2. The van der Waals surface area contributed by atoms with Crippen LogP contribution in [0.3, 0.4) is 0 Å². The lowest BCUT2D eigenvalue weighted by atomic mass is 9.92. The minimum atomic E-state index is 0. The summed E-state index contributed by atoms with van der Waals surface area (Å²) in [6, 6.07) is 7.21. The van der Waals surface area contributed by atoms with Gasteiger partial charge in [0.25, 0.3) is 0 Å². The summed E-state index contributed by atoms with van der Waals surface area (Å²) in [6.45, 7) is 2.51. The second-order valence-corrected chi connectivity index (χ2v) is 7.81. The predicted molar refractivity (Wildman–Crippen MR) is 106 cm³/mol. The van der Waals surface area contributed by atoms with Crippen molar-refractivity contribution in [1.29, 1.82) is 0 Å². The first kappa shape index (κ1) is 19.5. The zero-order chi connectivity index (χ0) is 17.4. The number of amides is 1. The van der Waals surface area contributed by atoms with Crippen LogP contribution in [-0.2, 0) is 11.3 Å². The first-order valence-electron chi connectivity index (χ1n) is 8.55. The Morgan fingerprint density at radius 1 is 1.31 bits per heavy atom. The van der Waals surface area contributed by atoms with Crippen molar-refractivity contribution in [2.45, 2.75) is 25.8 Å². The van der Waals surface area contributed by atoms with Gasteiger partial charge in [-0.15, -0.1) is 12.4 Å². The molecule has 1 saturated heterocycles. The van der Waals surface area contributed by atoms with Crippen LogP contribution >= 0.6 is 35.6 Å². The van der Waals surface area contributed by atoms with Crippen LogP contribution in [0.25, 0.3) is 0 Å². The average Bonchev–Trinajstić information content (AvgIpc) is 3.10. The van der Waals surface area contributed by atoms with Gasteiger partial charge in [0.05, 0.1) is 12.7 Å². The van der Waals surface area contributed by atoms with Crippen molar-refractivity contribution in [2.24, 2.45) is 11.3 Å². The highest BCUT2D eigenvalue weighted by Gasteiger charge is 2.57. The Kier molecular flexibility index (Phi) is 5.82. The molecule has 0 radical (unpaired) electrons. The second kappa shape index (κ2) is 7.77. The largest absolute Gasteiger partial charge is 0.317 e. The Hall–Kier alpha value is -1.27. The number of benzene rings is 1. The van der Waals surface area contributed by atoms with E-state index in [0.717, 1.165) is 37.9 Å². The van der Waals surface area contributed by atoms with E-state index in [1.54, 1.807) is 23.0 Å². The molecule has 0 bridgehead atoms. The van der Waals surface area contributed by atoms with E-state index in [1.807, 2.05) is 12.1 Å². The van der Waals surface area contributed by atoms with E-state index in [0.29, 0.717) is 22.4 Å². The van der Waals surface area contributed by atoms with E-state index in [2.05, 4.69) is 15.7 Å². The number of carbonyl (C=O) groups excluding carboxylic acids is 1. The Balaban J connectivity index is 0.00000196. The van der Waals surface area contributed by atoms with Gasteiger partial charge in [-0.1, -0.05) is 29.3 Å². The van der Waals surface area contributed by atoms with Crippen molar-refractivity contribution < 1.29 is 4.79 Å². The SMILES string of the molecule is Cl.O=C(Nc1ccnn1Cc1ccc(Cl)cc1Cl)C1CC12CCNCC2.